The second-order valence-corrected chi connectivity index (χ2v) is 7.13. The molecule has 0 aliphatic heterocycles. The summed E-state index contributed by atoms with van der Waals surface area (Å²) in [6.45, 7) is 0. The van der Waals surface area contributed by atoms with Gasteiger partial charge in [0.25, 0.3) is 0 Å². The minimum Gasteiger partial charge on any atom is -0.383 e. The summed E-state index contributed by atoms with van der Waals surface area (Å²) in [7, 11) is 1.76. The SMILES string of the molecule is Cn1nc(C2CC3CC(O)(c4ncccn4)CC3C2)c(C=O)c1N. The molecule has 2 aliphatic carbocycles. The number of aryl methyl sites for hydroxylation is 1. The Labute approximate surface area is 139 Å². The minimum absolute atomic E-state index is 0.227. The van der Waals surface area contributed by atoms with Crippen molar-refractivity contribution in [3.05, 3.63) is 35.5 Å². The molecular formula is C17H21N5O2. The number of hydrogen-bond donors (Lipinski definition) is 2. The molecule has 0 saturated heterocycles. The van der Waals surface area contributed by atoms with Crippen LogP contribution in [0.3, 0.4) is 0 Å². The number of nitrogens with two attached hydrogens (primary N) is 1. The smallest absolute Gasteiger partial charge is 0.159 e. The van der Waals surface area contributed by atoms with Gasteiger partial charge >= 0.3 is 0 Å². The summed E-state index contributed by atoms with van der Waals surface area (Å²) in [5.74, 6) is 1.96. The zero-order chi connectivity index (χ0) is 16.9. The Morgan fingerprint density at radius 3 is 2.50 bits per heavy atom. The zero-order valence-corrected chi connectivity index (χ0v) is 13.6. The van der Waals surface area contributed by atoms with Gasteiger partial charge in [-0.15, -0.1) is 0 Å². The normalized spacial score (nSPS) is 32.0. The van der Waals surface area contributed by atoms with E-state index in [1.54, 1.807) is 30.2 Å². The predicted octanol–water partition coefficient (Wildman–Crippen LogP) is 1.40. The topological polar surface area (TPSA) is 107 Å². The van der Waals surface area contributed by atoms with Gasteiger partial charge in [0.05, 0.1) is 11.3 Å². The van der Waals surface area contributed by atoms with Gasteiger partial charge < -0.3 is 10.8 Å². The van der Waals surface area contributed by atoms with Crippen LogP contribution in [0.25, 0.3) is 0 Å². The average molecular weight is 327 g/mol. The molecule has 7 heteroatoms. The number of nitrogens with zero attached hydrogens (tertiary/aromatic N) is 4. The predicted molar refractivity (Wildman–Crippen MR) is 87.1 cm³/mol. The molecule has 2 heterocycles. The molecule has 7 nitrogen and oxygen atoms in total. The van der Waals surface area contributed by atoms with E-state index in [0.29, 0.717) is 41.9 Å². The molecule has 2 fully saturated rings. The number of carbonyl (C=O) groups excluding carboxylic acids is 1. The Bertz CT molecular complexity index is 759. The number of aldehydes is 1. The maximum absolute atomic E-state index is 11.4. The molecule has 0 amide bonds. The number of carbonyl (C=O) groups is 1. The fraction of sp³-hybridized carbons (Fsp3) is 0.529. The minimum atomic E-state index is -0.932. The zero-order valence-electron chi connectivity index (χ0n) is 13.6. The molecule has 0 radical (unpaired) electrons. The Morgan fingerprint density at radius 1 is 1.29 bits per heavy atom. The molecule has 2 atom stereocenters. The van der Waals surface area contributed by atoms with Gasteiger partial charge in [-0.2, -0.15) is 5.10 Å². The molecule has 2 aromatic heterocycles. The van der Waals surface area contributed by atoms with Crippen LogP contribution in [0.1, 0.15) is 53.5 Å². The van der Waals surface area contributed by atoms with Gasteiger partial charge in [-0.25, -0.2) is 9.97 Å². The second-order valence-electron chi connectivity index (χ2n) is 7.13. The summed E-state index contributed by atoms with van der Waals surface area (Å²) >= 11 is 0. The Balaban J connectivity index is 1.55. The molecule has 2 saturated carbocycles. The first-order valence-electron chi connectivity index (χ1n) is 8.29. The van der Waals surface area contributed by atoms with E-state index in [1.807, 2.05) is 0 Å². The van der Waals surface area contributed by atoms with Crippen molar-refractivity contribution >= 4 is 12.1 Å². The number of hydrogen-bond acceptors (Lipinski definition) is 6. The first-order chi connectivity index (χ1) is 11.5. The van der Waals surface area contributed by atoms with Gasteiger partial charge in [-0.1, -0.05) is 0 Å². The number of rotatable bonds is 3. The summed E-state index contributed by atoms with van der Waals surface area (Å²) in [5.41, 5.74) is 6.32. The highest BCUT2D eigenvalue weighted by molar-refractivity contribution is 5.83. The lowest BCUT2D eigenvalue weighted by atomic mass is 9.91. The molecule has 2 aliphatic rings. The van der Waals surface area contributed by atoms with Crippen molar-refractivity contribution in [1.29, 1.82) is 0 Å². The number of aliphatic hydroxyl groups is 1. The first-order valence-corrected chi connectivity index (χ1v) is 8.29. The van der Waals surface area contributed by atoms with Gasteiger partial charge in [0.15, 0.2) is 12.1 Å². The summed E-state index contributed by atoms with van der Waals surface area (Å²) < 4.78 is 1.57. The number of fused-ring (bicyclic) bond motifs is 1. The molecular weight excluding hydrogens is 306 g/mol. The largest absolute Gasteiger partial charge is 0.383 e. The third kappa shape index (κ3) is 2.23. The molecule has 0 aromatic carbocycles. The van der Waals surface area contributed by atoms with Crippen LogP contribution in [0.2, 0.25) is 0 Å². The van der Waals surface area contributed by atoms with Crippen molar-refractivity contribution in [3.8, 4) is 0 Å². The Kier molecular flexibility index (Phi) is 3.42. The molecule has 2 unspecified atom stereocenters. The fourth-order valence-corrected chi connectivity index (χ4v) is 4.61. The molecule has 3 N–H and O–H groups in total. The van der Waals surface area contributed by atoms with E-state index in [0.717, 1.165) is 24.8 Å². The summed E-state index contributed by atoms with van der Waals surface area (Å²) in [6.07, 6.45) is 7.30. The van der Waals surface area contributed by atoms with E-state index in [-0.39, 0.29) is 5.92 Å². The average Bonchev–Trinajstić information content (AvgIpc) is 3.19. The Morgan fingerprint density at radius 2 is 1.92 bits per heavy atom. The van der Waals surface area contributed by atoms with Crippen LogP contribution >= 0.6 is 0 Å². The maximum atomic E-state index is 11.4. The maximum Gasteiger partial charge on any atom is 0.159 e. The van der Waals surface area contributed by atoms with Crippen LogP contribution in [0, 0.1) is 11.8 Å². The van der Waals surface area contributed by atoms with Crippen LogP contribution in [0.4, 0.5) is 5.82 Å². The highest BCUT2D eigenvalue weighted by Crippen LogP contribution is 2.56. The van der Waals surface area contributed by atoms with E-state index in [2.05, 4.69) is 15.1 Å². The number of anilines is 1. The standard InChI is InChI=1S/C17H21N5O2/c1-22-15(18)13(9-23)14(21-22)10-5-11-7-17(24,8-12(11)6-10)16-19-3-2-4-20-16/h2-4,9-12,24H,5-8,18H2,1H3. The van der Waals surface area contributed by atoms with Crippen LogP contribution in [-0.2, 0) is 12.6 Å². The molecule has 4 rings (SSSR count). The highest BCUT2D eigenvalue weighted by atomic mass is 16.3. The van der Waals surface area contributed by atoms with Gasteiger partial charge in [-0.05, 0) is 43.6 Å². The quantitative estimate of drug-likeness (QED) is 0.825. The monoisotopic (exact) mass is 327 g/mol. The molecule has 126 valence electrons. The molecule has 0 bridgehead atoms. The van der Waals surface area contributed by atoms with Crippen molar-refractivity contribution < 1.29 is 9.90 Å². The van der Waals surface area contributed by atoms with Crippen LogP contribution in [0.5, 0.6) is 0 Å². The summed E-state index contributed by atoms with van der Waals surface area (Å²) in [5, 5.41) is 15.4. The van der Waals surface area contributed by atoms with Crippen molar-refractivity contribution in [3.63, 3.8) is 0 Å². The molecule has 0 spiro atoms. The third-order valence-electron chi connectivity index (χ3n) is 5.69. The number of nitrogen functional groups attached to an aromatic ring is 1. The van der Waals surface area contributed by atoms with E-state index in [9.17, 15) is 9.90 Å². The van der Waals surface area contributed by atoms with E-state index >= 15 is 0 Å². The number of aromatic nitrogens is 4. The van der Waals surface area contributed by atoms with Crippen LogP contribution < -0.4 is 5.73 Å². The van der Waals surface area contributed by atoms with Crippen molar-refractivity contribution in [2.75, 3.05) is 5.73 Å². The lowest BCUT2D eigenvalue weighted by molar-refractivity contribution is 0.0253. The van der Waals surface area contributed by atoms with Crippen molar-refractivity contribution in [2.45, 2.75) is 37.2 Å². The van der Waals surface area contributed by atoms with Crippen LogP contribution in [-0.4, -0.2) is 31.1 Å². The lowest BCUT2D eigenvalue weighted by Crippen LogP contribution is -2.25. The molecule has 24 heavy (non-hydrogen) atoms. The highest BCUT2D eigenvalue weighted by Gasteiger charge is 2.51. The Hall–Kier alpha value is -2.28. The second kappa shape index (κ2) is 5.37. The van der Waals surface area contributed by atoms with Crippen LogP contribution in [0.15, 0.2) is 18.5 Å². The van der Waals surface area contributed by atoms with E-state index < -0.39 is 5.60 Å². The van der Waals surface area contributed by atoms with E-state index in [4.69, 9.17) is 5.73 Å². The first kappa shape index (κ1) is 15.3. The van der Waals surface area contributed by atoms with Gasteiger partial charge in [0, 0.05) is 25.4 Å². The van der Waals surface area contributed by atoms with E-state index in [1.165, 1.54) is 0 Å². The van der Waals surface area contributed by atoms with Gasteiger partial charge in [0.2, 0.25) is 0 Å². The van der Waals surface area contributed by atoms with Gasteiger partial charge in [0.1, 0.15) is 11.4 Å². The van der Waals surface area contributed by atoms with Crippen molar-refractivity contribution in [2.24, 2.45) is 18.9 Å². The third-order valence-corrected chi connectivity index (χ3v) is 5.69. The summed E-state index contributed by atoms with van der Waals surface area (Å²) in [6, 6.07) is 1.76. The van der Waals surface area contributed by atoms with Gasteiger partial charge in [-0.3, -0.25) is 9.48 Å². The molecule has 2 aromatic rings. The summed E-state index contributed by atoms with van der Waals surface area (Å²) in [4.78, 5) is 19.8. The fourth-order valence-electron chi connectivity index (χ4n) is 4.61. The lowest BCUT2D eigenvalue weighted by Gasteiger charge is -2.22. The van der Waals surface area contributed by atoms with Crippen molar-refractivity contribution in [1.82, 2.24) is 19.7 Å².